The Morgan fingerprint density at radius 3 is 2.50 bits per heavy atom. The minimum atomic E-state index is -0.619. The van der Waals surface area contributed by atoms with Gasteiger partial charge in [-0.2, -0.15) is 0 Å². The van der Waals surface area contributed by atoms with E-state index in [1.807, 2.05) is 6.92 Å². The van der Waals surface area contributed by atoms with Gasteiger partial charge in [-0.05, 0) is 25.7 Å². The average molecular weight is 144 g/mol. The summed E-state index contributed by atoms with van der Waals surface area (Å²) in [6, 6.07) is 0. The molecule has 0 bridgehead atoms. The van der Waals surface area contributed by atoms with Crippen LogP contribution in [0.1, 0.15) is 33.1 Å². The van der Waals surface area contributed by atoms with Crippen LogP contribution in [0.5, 0.6) is 0 Å². The summed E-state index contributed by atoms with van der Waals surface area (Å²) in [5, 5.41) is 18.9. The van der Waals surface area contributed by atoms with Crippen molar-refractivity contribution >= 4 is 0 Å². The Labute approximate surface area is 61.9 Å². The van der Waals surface area contributed by atoms with Crippen molar-refractivity contribution < 1.29 is 10.2 Å². The first-order valence-electron chi connectivity index (χ1n) is 3.92. The molecule has 3 unspecified atom stereocenters. The molecule has 1 aliphatic carbocycles. The summed E-state index contributed by atoms with van der Waals surface area (Å²) in [6.07, 6.45) is 2.00. The Hall–Kier alpha value is -0.0800. The highest BCUT2D eigenvalue weighted by Crippen LogP contribution is 2.31. The van der Waals surface area contributed by atoms with Crippen LogP contribution in [0, 0.1) is 5.92 Å². The number of hydrogen-bond donors (Lipinski definition) is 2. The van der Waals surface area contributed by atoms with E-state index in [0.29, 0.717) is 12.3 Å². The highest BCUT2D eigenvalue weighted by Gasteiger charge is 2.32. The monoisotopic (exact) mass is 144 g/mol. The van der Waals surface area contributed by atoms with Gasteiger partial charge in [0.05, 0.1) is 11.7 Å². The Morgan fingerprint density at radius 2 is 2.10 bits per heavy atom. The summed E-state index contributed by atoms with van der Waals surface area (Å²) in [4.78, 5) is 0. The maximum absolute atomic E-state index is 9.50. The summed E-state index contributed by atoms with van der Waals surface area (Å²) in [6.45, 7) is 3.82. The molecule has 0 aromatic carbocycles. The van der Waals surface area contributed by atoms with Crippen LogP contribution >= 0.6 is 0 Å². The van der Waals surface area contributed by atoms with Crippen LogP contribution in [0.4, 0.5) is 0 Å². The lowest BCUT2D eigenvalue weighted by atomic mass is 9.79. The van der Waals surface area contributed by atoms with Crippen molar-refractivity contribution in [2.24, 2.45) is 5.92 Å². The molecule has 1 fully saturated rings. The van der Waals surface area contributed by atoms with Crippen molar-refractivity contribution in [1.29, 1.82) is 0 Å². The number of aliphatic hydroxyl groups is 2. The van der Waals surface area contributed by atoms with E-state index in [1.54, 1.807) is 6.92 Å². The van der Waals surface area contributed by atoms with Crippen molar-refractivity contribution in [3.63, 3.8) is 0 Å². The zero-order valence-corrected chi connectivity index (χ0v) is 6.67. The SMILES string of the molecule is CC1CCC(C)(O)CC1O. The van der Waals surface area contributed by atoms with Crippen LogP contribution in [0.3, 0.4) is 0 Å². The zero-order valence-electron chi connectivity index (χ0n) is 6.67. The van der Waals surface area contributed by atoms with Crippen LogP contribution in [-0.4, -0.2) is 21.9 Å². The van der Waals surface area contributed by atoms with E-state index < -0.39 is 5.60 Å². The van der Waals surface area contributed by atoms with Gasteiger partial charge in [0.15, 0.2) is 0 Å². The van der Waals surface area contributed by atoms with E-state index in [1.165, 1.54) is 0 Å². The standard InChI is InChI=1S/C8H16O2/c1-6-3-4-8(2,10)5-7(6)9/h6-7,9-10H,3-5H2,1-2H3. The zero-order chi connectivity index (χ0) is 7.78. The molecule has 0 spiro atoms. The molecule has 3 atom stereocenters. The van der Waals surface area contributed by atoms with Crippen LogP contribution in [0.25, 0.3) is 0 Å². The van der Waals surface area contributed by atoms with Crippen LogP contribution < -0.4 is 0 Å². The molecule has 1 rings (SSSR count). The second-order valence-corrected chi connectivity index (χ2v) is 3.78. The first kappa shape index (κ1) is 8.02. The highest BCUT2D eigenvalue weighted by molar-refractivity contribution is 4.85. The van der Waals surface area contributed by atoms with Crippen LogP contribution in [0.15, 0.2) is 0 Å². The minimum absolute atomic E-state index is 0.302. The Balaban J connectivity index is 2.49. The molecule has 2 heteroatoms. The summed E-state index contributed by atoms with van der Waals surface area (Å²) in [7, 11) is 0. The average Bonchev–Trinajstić information content (AvgIpc) is 1.79. The Bertz CT molecular complexity index is 120. The first-order valence-corrected chi connectivity index (χ1v) is 3.92. The van der Waals surface area contributed by atoms with Gasteiger partial charge in [0, 0.05) is 6.42 Å². The first-order chi connectivity index (χ1) is 4.51. The third-order valence-electron chi connectivity index (χ3n) is 2.44. The van der Waals surface area contributed by atoms with Crippen molar-refractivity contribution in [2.45, 2.75) is 44.8 Å². The quantitative estimate of drug-likeness (QED) is 0.530. The van der Waals surface area contributed by atoms with Gasteiger partial charge in [0.25, 0.3) is 0 Å². The molecule has 1 saturated carbocycles. The molecule has 0 aliphatic heterocycles. The summed E-state index contributed by atoms with van der Waals surface area (Å²) in [5.74, 6) is 0.361. The third kappa shape index (κ3) is 1.70. The smallest absolute Gasteiger partial charge is 0.0644 e. The predicted molar refractivity (Wildman–Crippen MR) is 39.6 cm³/mol. The van der Waals surface area contributed by atoms with E-state index in [2.05, 4.69) is 0 Å². The molecule has 2 nitrogen and oxygen atoms in total. The van der Waals surface area contributed by atoms with Gasteiger partial charge in [0.1, 0.15) is 0 Å². The van der Waals surface area contributed by atoms with E-state index in [-0.39, 0.29) is 6.10 Å². The predicted octanol–water partition coefficient (Wildman–Crippen LogP) is 0.918. The van der Waals surface area contributed by atoms with Gasteiger partial charge in [-0.15, -0.1) is 0 Å². The molecule has 1 aliphatic rings. The lowest BCUT2D eigenvalue weighted by molar-refractivity contribution is -0.0542. The topological polar surface area (TPSA) is 40.5 Å². The van der Waals surface area contributed by atoms with Crippen LogP contribution in [0.2, 0.25) is 0 Å². The fraction of sp³-hybridized carbons (Fsp3) is 1.00. The normalized spacial score (nSPS) is 49.2. The Morgan fingerprint density at radius 1 is 1.50 bits per heavy atom. The largest absolute Gasteiger partial charge is 0.393 e. The molecule has 60 valence electrons. The minimum Gasteiger partial charge on any atom is -0.393 e. The maximum Gasteiger partial charge on any atom is 0.0644 e. The molecule has 0 amide bonds. The number of rotatable bonds is 0. The van der Waals surface area contributed by atoms with E-state index in [0.717, 1.165) is 12.8 Å². The highest BCUT2D eigenvalue weighted by atomic mass is 16.3. The molecular formula is C8H16O2. The van der Waals surface area contributed by atoms with Crippen molar-refractivity contribution in [2.75, 3.05) is 0 Å². The van der Waals surface area contributed by atoms with Gasteiger partial charge < -0.3 is 10.2 Å². The second kappa shape index (κ2) is 2.51. The number of aliphatic hydroxyl groups excluding tert-OH is 1. The Kier molecular flexibility index (Phi) is 2.02. The van der Waals surface area contributed by atoms with Crippen LogP contribution in [-0.2, 0) is 0 Å². The lowest BCUT2D eigenvalue weighted by Crippen LogP contribution is -2.38. The van der Waals surface area contributed by atoms with Gasteiger partial charge in [0.2, 0.25) is 0 Å². The lowest BCUT2D eigenvalue weighted by Gasteiger charge is -2.35. The fourth-order valence-corrected chi connectivity index (χ4v) is 1.48. The van der Waals surface area contributed by atoms with Gasteiger partial charge in [-0.1, -0.05) is 6.92 Å². The molecule has 0 radical (unpaired) electrons. The van der Waals surface area contributed by atoms with E-state index >= 15 is 0 Å². The molecular weight excluding hydrogens is 128 g/mol. The molecule has 0 aromatic heterocycles. The van der Waals surface area contributed by atoms with Gasteiger partial charge in [-0.25, -0.2) is 0 Å². The van der Waals surface area contributed by atoms with Crippen molar-refractivity contribution in [3.8, 4) is 0 Å². The van der Waals surface area contributed by atoms with E-state index in [4.69, 9.17) is 0 Å². The molecule has 0 heterocycles. The second-order valence-electron chi connectivity index (χ2n) is 3.78. The van der Waals surface area contributed by atoms with Crippen molar-refractivity contribution in [1.82, 2.24) is 0 Å². The summed E-state index contributed by atoms with van der Waals surface area (Å²) >= 11 is 0. The van der Waals surface area contributed by atoms with E-state index in [9.17, 15) is 10.2 Å². The molecule has 2 N–H and O–H groups in total. The third-order valence-corrected chi connectivity index (χ3v) is 2.44. The maximum atomic E-state index is 9.50. The summed E-state index contributed by atoms with van der Waals surface area (Å²) in [5.41, 5.74) is -0.619. The van der Waals surface area contributed by atoms with Crippen molar-refractivity contribution in [3.05, 3.63) is 0 Å². The fourth-order valence-electron chi connectivity index (χ4n) is 1.48. The van der Waals surface area contributed by atoms with Gasteiger partial charge >= 0.3 is 0 Å². The molecule has 0 saturated heterocycles. The molecule has 10 heavy (non-hydrogen) atoms. The number of hydrogen-bond acceptors (Lipinski definition) is 2. The molecule has 0 aromatic rings. The van der Waals surface area contributed by atoms with Gasteiger partial charge in [-0.3, -0.25) is 0 Å². The summed E-state index contributed by atoms with van der Waals surface area (Å²) < 4.78 is 0.